The maximum Gasteiger partial charge on any atom is 0.296 e. The molecule has 2 aromatic rings. The van der Waals surface area contributed by atoms with Crippen LogP contribution in [-0.4, -0.2) is 23.7 Å². The van der Waals surface area contributed by atoms with Gasteiger partial charge in [0.1, 0.15) is 11.4 Å². The second-order valence-electron chi connectivity index (χ2n) is 4.51. The van der Waals surface area contributed by atoms with Crippen molar-refractivity contribution in [2.24, 2.45) is 0 Å². The topological polar surface area (TPSA) is 107 Å². The maximum atomic E-state index is 12.0. The Bertz CT molecular complexity index is 736. The fourth-order valence-corrected chi connectivity index (χ4v) is 2.61. The lowest BCUT2D eigenvalue weighted by atomic mass is 10.2. The van der Waals surface area contributed by atoms with Crippen LogP contribution < -0.4 is 15.8 Å². The molecule has 23 heavy (non-hydrogen) atoms. The Hall–Kier alpha value is -2.74. The standard InChI is InChI=1S/C15H15N3O4S/c1-22-10-6-7-12(13(8-10)18(20)21)17-15(19)9-23-14-5-3-2-4-11(14)16/h2-8H,9,16H2,1H3,(H,17,19). The smallest absolute Gasteiger partial charge is 0.296 e. The van der Waals surface area contributed by atoms with Gasteiger partial charge in [0.15, 0.2) is 0 Å². The minimum Gasteiger partial charge on any atom is -0.496 e. The lowest BCUT2D eigenvalue weighted by Gasteiger charge is -2.08. The number of methoxy groups -OCH3 is 1. The van der Waals surface area contributed by atoms with Gasteiger partial charge in [-0.3, -0.25) is 14.9 Å². The molecule has 0 bridgehead atoms. The van der Waals surface area contributed by atoms with Gasteiger partial charge >= 0.3 is 0 Å². The number of carbonyl (C=O) groups is 1. The first kappa shape index (κ1) is 16.6. The monoisotopic (exact) mass is 333 g/mol. The summed E-state index contributed by atoms with van der Waals surface area (Å²) in [6, 6.07) is 11.4. The van der Waals surface area contributed by atoms with E-state index in [9.17, 15) is 14.9 Å². The van der Waals surface area contributed by atoms with E-state index < -0.39 is 4.92 Å². The van der Waals surface area contributed by atoms with Crippen LogP contribution in [0, 0.1) is 10.1 Å². The molecule has 120 valence electrons. The lowest BCUT2D eigenvalue weighted by Crippen LogP contribution is -2.15. The number of rotatable bonds is 6. The summed E-state index contributed by atoms with van der Waals surface area (Å²) < 4.78 is 4.95. The number of anilines is 2. The molecule has 8 heteroatoms. The fourth-order valence-electron chi connectivity index (χ4n) is 1.84. The van der Waals surface area contributed by atoms with Crippen LogP contribution in [0.15, 0.2) is 47.4 Å². The largest absolute Gasteiger partial charge is 0.496 e. The molecule has 3 N–H and O–H groups in total. The zero-order chi connectivity index (χ0) is 16.8. The van der Waals surface area contributed by atoms with Crippen molar-refractivity contribution in [2.45, 2.75) is 4.90 Å². The van der Waals surface area contributed by atoms with E-state index in [4.69, 9.17) is 10.5 Å². The molecular formula is C15H15N3O4S. The number of hydrogen-bond acceptors (Lipinski definition) is 6. The number of thioether (sulfide) groups is 1. The van der Waals surface area contributed by atoms with Crippen molar-refractivity contribution in [3.05, 3.63) is 52.6 Å². The average molecular weight is 333 g/mol. The minimum absolute atomic E-state index is 0.0946. The summed E-state index contributed by atoms with van der Waals surface area (Å²) in [4.78, 5) is 23.3. The van der Waals surface area contributed by atoms with Gasteiger partial charge in [-0.1, -0.05) is 12.1 Å². The van der Waals surface area contributed by atoms with Crippen LogP contribution in [0.2, 0.25) is 0 Å². The molecule has 0 radical (unpaired) electrons. The number of hydrogen-bond donors (Lipinski definition) is 2. The first-order valence-corrected chi connectivity index (χ1v) is 7.59. The first-order chi connectivity index (χ1) is 11.0. The number of nitrogens with two attached hydrogens (primary N) is 1. The Morgan fingerprint density at radius 3 is 2.74 bits per heavy atom. The van der Waals surface area contributed by atoms with Crippen molar-refractivity contribution >= 4 is 34.7 Å². The Balaban J connectivity index is 2.05. The predicted octanol–water partition coefficient (Wildman–Crippen LogP) is 2.92. The van der Waals surface area contributed by atoms with Crippen LogP contribution in [0.25, 0.3) is 0 Å². The summed E-state index contributed by atoms with van der Waals surface area (Å²) in [5, 5.41) is 13.6. The molecule has 0 aliphatic heterocycles. The van der Waals surface area contributed by atoms with Gasteiger partial charge in [-0.2, -0.15) is 0 Å². The van der Waals surface area contributed by atoms with Crippen LogP contribution in [0.3, 0.4) is 0 Å². The molecule has 0 heterocycles. The molecule has 0 saturated heterocycles. The van der Waals surface area contributed by atoms with E-state index in [0.29, 0.717) is 11.4 Å². The van der Waals surface area contributed by atoms with Gasteiger partial charge in [-0.05, 0) is 24.3 Å². The van der Waals surface area contributed by atoms with E-state index in [1.165, 1.54) is 31.0 Å². The van der Waals surface area contributed by atoms with Gasteiger partial charge in [0.25, 0.3) is 5.69 Å². The number of amides is 1. The lowest BCUT2D eigenvalue weighted by molar-refractivity contribution is -0.384. The summed E-state index contributed by atoms with van der Waals surface area (Å²) in [5.41, 5.74) is 6.29. The van der Waals surface area contributed by atoms with Gasteiger partial charge < -0.3 is 15.8 Å². The third-order valence-corrected chi connectivity index (χ3v) is 4.04. The van der Waals surface area contributed by atoms with E-state index in [1.807, 2.05) is 12.1 Å². The number of ether oxygens (including phenoxy) is 1. The van der Waals surface area contributed by atoms with Crippen molar-refractivity contribution in [2.75, 3.05) is 23.9 Å². The first-order valence-electron chi connectivity index (χ1n) is 6.61. The highest BCUT2D eigenvalue weighted by atomic mass is 32.2. The molecule has 1 amide bonds. The normalized spacial score (nSPS) is 10.1. The van der Waals surface area contributed by atoms with Gasteiger partial charge in [-0.15, -0.1) is 11.8 Å². The van der Waals surface area contributed by atoms with Crippen molar-refractivity contribution in [3.8, 4) is 5.75 Å². The van der Waals surface area contributed by atoms with Crippen LogP contribution in [0.5, 0.6) is 5.75 Å². The molecule has 0 aliphatic carbocycles. The summed E-state index contributed by atoms with van der Waals surface area (Å²) in [5.74, 6) is 0.0878. The Labute approximate surface area is 137 Å². The third kappa shape index (κ3) is 4.36. The van der Waals surface area contributed by atoms with E-state index >= 15 is 0 Å². The molecule has 0 atom stereocenters. The van der Waals surface area contributed by atoms with Crippen molar-refractivity contribution in [3.63, 3.8) is 0 Å². The van der Waals surface area contributed by atoms with Crippen LogP contribution >= 0.6 is 11.8 Å². The SMILES string of the molecule is COc1ccc(NC(=O)CSc2ccccc2N)c([N+](=O)[O-])c1. The zero-order valence-electron chi connectivity index (χ0n) is 12.3. The number of nitrogens with one attached hydrogen (secondary N) is 1. The number of nitro groups is 1. The summed E-state index contributed by atoms with van der Waals surface area (Å²) >= 11 is 1.26. The van der Waals surface area contributed by atoms with Crippen molar-refractivity contribution < 1.29 is 14.5 Å². The Morgan fingerprint density at radius 2 is 2.09 bits per heavy atom. The second kappa shape index (κ2) is 7.50. The molecular weight excluding hydrogens is 318 g/mol. The molecule has 0 fully saturated rings. The Kier molecular flexibility index (Phi) is 5.42. The fraction of sp³-hybridized carbons (Fsp3) is 0.133. The molecule has 0 saturated carbocycles. The molecule has 0 aromatic heterocycles. The number of para-hydroxylation sites is 1. The van der Waals surface area contributed by atoms with E-state index in [1.54, 1.807) is 18.2 Å². The summed E-state index contributed by atoms with van der Waals surface area (Å²) in [6.07, 6.45) is 0. The zero-order valence-corrected chi connectivity index (χ0v) is 13.1. The van der Waals surface area contributed by atoms with Gasteiger partial charge in [-0.25, -0.2) is 0 Å². The van der Waals surface area contributed by atoms with Crippen LogP contribution in [0.1, 0.15) is 0 Å². The van der Waals surface area contributed by atoms with Gasteiger partial charge in [0, 0.05) is 10.6 Å². The number of nitrogens with zero attached hydrogens (tertiary/aromatic N) is 1. The van der Waals surface area contributed by atoms with E-state index in [0.717, 1.165) is 4.90 Å². The molecule has 0 aliphatic rings. The average Bonchev–Trinajstić information content (AvgIpc) is 2.54. The predicted molar refractivity (Wildman–Crippen MR) is 89.9 cm³/mol. The highest BCUT2D eigenvalue weighted by Gasteiger charge is 2.17. The number of nitrogen functional groups attached to an aromatic ring is 1. The highest BCUT2D eigenvalue weighted by molar-refractivity contribution is 8.00. The van der Waals surface area contributed by atoms with Crippen molar-refractivity contribution in [1.82, 2.24) is 0 Å². The number of nitro benzene ring substituents is 1. The summed E-state index contributed by atoms with van der Waals surface area (Å²) in [7, 11) is 1.41. The van der Waals surface area contributed by atoms with Gasteiger partial charge in [0.05, 0.1) is 23.9 Å². The molecule has 7 nitrogen and oxygen atoms in total. The third-order valence-electron chi connectivity index (χ3n) is 2.95. The second-order valence-corrected chi connectivity index (χ2v) is 5.53. The van der Waals surface area contributed by atoms with E-state index in [2.05, 4.69) is 5.32 Å². The molecule has 0 unspecified atom stereocenters. The van der Waals surface area contributed by atoms with Crippen molar-refractivity contribution in [1.29, 1.82) is 0 Å². The molecule has 2 rings (SSSR count). The number of carbonyl (C=O) groups excluding carboxylic acids is 1. The Morgan fingerprint density at radius 1 is 1.35 bits per heavy atom. The highest BCUT2D eigenvalue weighted by Crippen LogP contribution is 2.29. The number of benzene rings is 2. The van der Waals surface area contributed by atoms with E-state index in [-0.39, 0.29) is 23.0 Å². The van der Waals surface area contributed by atoms with Crippen LogP contribution in [-0.2, 0) is 4.79 Å². The maximum absolute atomic E-state index is 12.0. The van der Waals surface area contributed by atoms with Crippen LogP contribution in [0.4, 0.5) is 17.1 Å². The molecule has 2 aromatic carbocycles. The molecule has 0 spiro atoms. The quantitative estimate of drug-likeness (QED) is 0.364. The van der Waals surface area contributed by atoms with Gasteiger partial charge in [0.2, 0.25) is 5.91 Å². The minimum atomic E-state index is -0.569. The summed E-state index contributed by atoms with van der Waals surface area (Å²) in [6.45, 7) is 0.